The third kappa shape index (κ3) is 2.48. The topological polar surface area (TPSA) is 57.5 Å². The average molecular weight is 230 g/mol. The number of phenolic OH excluding ortho intramolecular Hbond substituents is 1. The second kappa shape index (κ2) is 4.08. The highest BCUT2D eigenvalue weighted by atomic mass is 19.2. The Kier molecular flexibility index (Phi) is 3.16. The maximum absolute atomic E-state index is 12.9. The van der Waals surface area contributed by atoms with Crippen molar-refractivity contribution in [2.75, 3.05) is 0 Å². The van der Waals surface area contributed by atoms with Gasteiger partial charge in [0.25, 0.3) is 0 Å². The van der Waals surface area contributed by atoms with Gasteiger partial charge < -0.3 is 10.2 Å². The van der Waals surface area contributed by atoms with Gasteiger partial charge in [-0.05, 0) is 31.9 Å². The predicted molar refractivity (Wildman–Crippen MR) is 53.1 cm³/mol. The normalized spacial score (nSPS) is 11.5. The molecule has 0 aromatic heterocycles. The molecule has 1 rings (SSSR count). The predicted octanol–water partition coefficient (Wildman–Crippen LogP) is 2.32. The Morgan fingerprint density at radius 1 is 1.31 bits per heavy atom. The van der Waals surface area contributed by atoms with Gasteiger partial charge >= 0.3 is 5.97 Å². The summed E-state index contributed by atoms with van der Waals surface area (Å²) in [6.45, 7) is 2.88. The van der Waals surface area contributed by atoms with E-state index in [0.717, 1.165) is 6.07 Å². The second-order valence-electron chi connectivity index (χ2n) is 4.26. The Hall–Kier alpha value is -1.65. The molecule has 0 radical (unpaired) electrons. The lowest BCUT2D eigenvalue weighted by atomic mass is 9.85. The number of rotatable bonds is 3. The van der Waals surface area contributed by atoms with Crippen LogP contribution in [0.25, 0.3) is 0 Å². The van der Waals surface area contributed by atoms with Crippen molar-refractivity contribution in [3.8, 4) is 5.75 Å². The molecule has 1 aromatic carbocycles. The van der Waals surface area contributed by atoms with Crippen molar-refractivity contribution in [1.82, 2.24) is 0 Å². The summed E-state index contributed by atoms with van der Waals surface area (Å²) in [6, 6.07) is 1.46. The highest BCUT2D eigenvalue weighted by molar-refractivity contribution is 5.74. The van der Waals surface area contributed by atoms with Gasteiger partial charge in [-0.3, -0.25) is 4.79 Å². The number of aromatic hydroxyl groups is 1. The summed E-state index contributed by atoms with van der Waals surface area (Å²) >= 11 is 0. The summed E-state index contributed by atoms with van der Waals surface area (Å²) < 4.78 is 25.6. The van der Waals surface area contributed by atoms with E-state index in [1.54, 1.807) is 0 Å². The van der Waals surface area contributed by atoms with Gasteiger partial charge in [-0.25, -0.2) is 8.78 Å². The van der Waals surface area contributed by atoms with Gasteiger partial charge in [0, 0.05) is 6.07 Å². The number of halogens is 2. The van der Waals surface area contributed by atoms with Crippen LogP contribution < -0.4 is 0 Å². The van der Waals surface area contributed by atoms with Crippen LogP contribution in [-0.2, 0) is 11.2 Å². The van der Waals surface area contributed by atoms with Crippen LogP contribution in [0.3, 0.4) is 0 Å². The van der Waals surface area contributed by atoms with E-state index < -0.39 is 28.8 Å². The molecule has 1 aromatic rings. The molecule has 0 spiro atoms. The molecule has 5 heteroatoms. The van der Waals surface area contributed by atoms with E-state index in [9.17, 15) is 18.7 Å². The van der Waals surface area contributed by atoms with Gasteiger partial charge in [-0.1, -0.05) is 0 Å². The summed E-state index contributed by atoms with van der Waals surface area (Å²) in [5.41, 5.74) is -1.08. The summed E-state index contributed by atoms with van der Waals surface area (Å²) in [4.78, 5) is 10.8. The minimum Gasteiger partial charge on any atom is -0.508 e. The smallest absolute Gasteiger partial charge is 0.309 e. The zero-order valence-corrected chi connectivity index (χ0v) is 8.92. The number of benzene rings is 1. The Balaban J connectivity index is 3.07. The zero-order valence-electron chi connectivity index (χ0n) is 8.92. The van der Waals surface area contributed by atoms with Crippen molar-refractivity contribution >= 4 is 5.97 Å². The molecule has 3 nitrogen and oxygen atoms in total. The fourth-order valence-corrected chi connectivity index (χ4v) is 1.27. The lowest BCUT2D eigenvalue weighted by Gasteiger charge is -2.19. The maximum atomic E-state index is 12.9. The van der Waals surface area contributed by atoms with Crippen LogP contribution in [0.5, 0.6) is 5.75 Å². The first-order valence-electron chi connectivity index (χ1n) is 4.64. The van der Waals surface area contributed by atoms with Gasteiger partial charge in [0.15, 0.2) is 11.6 Å². The molecule has 88 valence electrons. The molecule has 0 bridgehead atoms. The number of aliphatic carboxylic acids is 1. The highest BCUT2D eigenvalue weighted by Gasteiger charge is 2.29. The van der Waals surface area contributed by atoms with E-state index in [4.69, 9.17) is 5.11 Å². The van der Waals surface area contributed by atoms with Crippen LogP contribution in [0, 0.1) is 17.0 Å². The SMILES string of the molecule is CC(C)(Cc1cc(F)c(F)cc1O)C(=O)O. The minimum absolute atomic E-state index is 0.0753. The quantitative estimate of drug-likeness (QED) is 0.837. The van der Waals surface area contributed by atoms with Crippen molar-refractivity contribution in [3.05, 3.63) is 29.3 Å². The van der Waals surface area contributed by atoms with Crippen LogP contribution in [0.1, 0.15) is 19.4 Å². The molecule has 0 heterocycles. The standard InChI is InChI=1S/C11H12F2O3/c1-11(2,10(15)16)5-6-3-7(12)8(13)4-9(6)14/h3-4,14H,5H2,1-2H3,(H,15,16). The molecule has 0 aliphatic heterocycles. The Morgan fingerprint density at radius 2 is 1.81 bits per heavy atom. The lowest BCUT2D eigenvalue weighted by molar-refractivity contribution is -0.146. The van der Waals surface area contributed by atoms with Crippen LogP contribution >= 0.6 is 0 Å². The van der Waals surface area contributed by atoms with Gasteiger partial charge in [0.2, 0.25) is 0 Å². The fraction of sp³-hybridized carbons (Fsp3) is 0.364. The molecule has 0 unspecified atom stereocenters. The molecule has 0 fully saturated rings. The molecule has 0 saturated carbocycles. The third-order valence-electron chi connectivity index (χ3n) is 2.33. The van der Waals surface area contributed by atoms with Crippen molar-refractivity contribution in [2.45, 2.75) is 20.3 Å². The second-order valence-corrected chi connectivity index (χ2v) is 4.26. The van der Waals surface area contributed by atoms with E-state index in [0.29, 0.717) is 6.07 Å². The summed E-state index contributed by atoms with van der Waals surface area (Å²) in [6.07, 6.45) is -0.0780. The molecule has 0 aliphatic rings. The molecule has 2 N–H and O–H groups in total. The molecule has 0 atom stereocenters. The zero-order chi connectivity index (χ0) is 12.5. The van der Waals surface area contributed by atoms with Crippen LogP contribution in [0.15, 0.2) is 12.1 Å². The average Bonchev–Trinajstić information content (AvgIpc) is 2.13. The third-order valence-corrected chi connectivity index (χ3v) is 2.33. The molecule has 0 amide bonds. The Morgan fingerprint density at radius 3 is 2.31 bits per heavy atom. The van der Waals surface area contributed by atoms with Gasteiger partial charge in [-0.15, -0.1) is 0 Å². The number of carboxylic acids is 1. The Bertz CT molecular complexity index is 427. The van der Waals surface area contributed by atoms with Crippen molar-refractivity contribution < 1.29 is 23.8 Å². The monoisotopic (exact) mass is 230 g/mol. The van der Waals surface area contributed by atoms with E-state index in [-0.39, 0.29) is 12.0 Å². The molecule has 0 aliphatic carbocycles. The van der Waals surface area contributed by atoms with E-state index >= 15 is 0 Å². The molecule has 0 saturated heterocycles. The van der Waals surface area contributed by atoms with Crippen molar-refractivity contribution in [1.29, 1.82) is 0 Å². The highest BCUT2D eigenvalue weighted by Crippen LogP contribution is 2.29. The van der Waals surface area contributed by atoms with Gasteiger partial charge in [0.05, 0.1) is 5.41 Å². The first-order valence-corrected chi connectivity index (χ1v) is 4.64. The number of hydrogen-bond donors (Lipinski definition) is 2. The lowest BCUT2D eigenvalue weighted by Crippen LogP contribution is -2.26. The van der Waals surface area contributed by atoms with E-state index in [2.05, 4.69) is 0 Å². The molecule has 16 heavy (non-hydrogen) atoms. The Labute approximate surface area is 91.3 Å². The number of carboxylic acid groups (broad SMARTS) is 1. The van der Waals surface area contributed by atoms with Crippen LogP contribution in [0.2, 0.25) is 0 Å². The van der Waals surface area contributed by atoms with Gasteiger partial charge in [0.1, 0.15) is 5.75 Å². The van der Waals surface area contributed by atoms with Crippen LogP contribution in [-0.4, -0.2) is 16.2 Å². The van der Waals surface area contributed by atoms with E-state index in [1.807, 2.05) is 0 Å². The fourth-order valence-electron chi connectivity index (χ4n) is 1.27. The summed E-state index contributed by atoms with van der Waals surface area (Å²) in [5, 5.41) is 18.2. The summed E-state index contributed by atoms with van der Waals surface area (Å²) in [5.74, 6) is -3.77. The number of hydrogen-bond acceptors (Lipinski definition) is 2. The minimum atomic E-state index is -1.16. The first-order chi connectivity index (χ1) is 7.24. The summed E-state index contributed by atoms with van der Waals surface area (Å²) in [7, 11) is 0. The largest absolute Gasteiger partial charge is 0.508 e. The first kappa shape index (κ1) is 12.4. The maximum Gasteiger partial charge on any atom is 0.309 e. The number of phenols is 1. The molecular formula is C11H12F2O3. The van der Waals surface area contributed by atoms with Gasteiger partial charge in [-0.2, -0.15) is 0 Å². The number of carbonyl (C=O) groups is 1. The van der Waals surface area contributed by atoms with Crippen molar-refractivity contribution in [2.24, 2.45) is 5.41 Å². The molecular weight excluding hydrogens is 218 g/mol. The van der Waals surface area contributed by atoms with Crippen LogP contribution in [0.4, 0.5) is 8.78 Å². The van der Waals surface area contributed by atoms with E-state index in [1.165, 1.54) is 13.8 Å². The van der Waals surface area contributed by atoms with Crippen molar-refractivity contribution in [3.63, 3.8) is 0 Å².